The van der Waals surface area contributed by atoms with Gasteiger partial charge in [-0.15, -0.1) is 0 Å². The fraction of sp³-hybridized carbons (Fsp3) is 0.933. The van der Waals surface area contributed by atoms with Gasteiger partial charge in [-0.3, -0.25) is 9.59 Å². The summed E-state index contributed by atoms with van der Waals surface area (Å²) in [7, 11) is 0. The van der Waals surface area contributed by atoms with Gasteiger partial charge in [0.1, 0.15) is 12.7 Å². The minimum atomic E-state index is -0.331. The van der Waals surface area contributed by atoms with Crippen LogP contribution in [0.15, 0.2) is 0 Å². The van der Waals surface area contributed by atoms with Gasteiger partial charge < -0.3 is 9.47 Å². The molecule has 0 saturated carbocycles. The van der Waals surface area contributed by atoms with Crippen molar-refractivity contribution < 1.29 is 19.1 Å². The van der Waals surface area contributed by atoms with Gasteiger partial charge >= 0.3 is 11.9 Å². The quantitative estimate of drug-likeness (QED) is 0.102. The summed E-state index contributed by atoms with van der Waals surface area (Å²) in [5.41, 5.74) is 0. The topological polar surface area (TPSA) is 52.6 Å². The van der Waals surface area contributed by atoms with E-state index in [-0.39, 0.29) is 24.6 Å². The summed E-state index contributed by atoms with van der Waals surface area (Å²) in [6, 6.07) is 0. The lowest BCUT2D eigenvalue weighted by Crippen LogP contribution is -2.26. The Labute approximate surface area is 212 Å². The number of rotatable bonds is 24. The second-order valence-electron chi connectivity index (χ2n) is 10.3. The summed E-state index contributed by atoms with van der Waals surface area (Å²) >= 11 is 0. The SMILES string of the molecule is CCCCCC(CCCCC)CC(=O)OCC(CC)OC(=O)CC(CCCCC)CCCCC. The van der Waals surface area contributed by atoms with Crippen molar-refractivity contribution in [1.82, 2.24) is 0 Å². The van der Waals surface area contributed by atoms with Crippen LogP contribution in [0, 0.1) is 11.8 Å². The third kappa shape index (κ3) is 19.3. The van der Waals surface area contributed by atoms with E-state index in [4.69, 9.17) is 9.47 Å². The fourth-order valence-electron chi connectivity index (χ4n) is 4.61. The molecule has 0 fully saturated rings. The van der Waals surface area contributed by atoms with Gasteiger partial charge in [0.15, 0.2) is 0 Å². The van der Waals surface area contributed by atoms with Crippen molar-refractivity contribution in [2.24, 2.45) is 11.8 Å². The number of carbonyl (C=O) groups excluding carboxylic acids is 2. The summed E-state index contributed by atoms with van der Waals surface area (Å²) in [6.45, 7) is 11.0. The number of hydrogen-bond donors (Lipinski definition) is 0. The third-order valence-electron chi connectivity index (χ3n) is 6.96. The zero-order valence-electron chi connectivity index (χ0n) is 23.5. The monoisotopic (exact) mass is 482 g/mol. The van der Waals surface area contributed by atoms with Crippen LogP contribution in [-0.4, -0.2) is 24.6 Å². The van der Waals surface area contributed by atoms with Crippen molar-refractivity contribution in [2.45, 2.75) is 163 Å². The van der Waals surface area contributed by atoms with Crippen LogP contribution in [0.4, 0.5) is 0 Å². The van der Waals surface area contributed by atoms with Crippen LogP contribution < -0.4 is 0 Å². The molecule has 0 aromatic carbocycles. The average molecular weight is 483 g/mol. The molecular weight excluding hydrogens is 424 g/mol. The molecule has 0 aromatic heterocycles. The van der Waals surface area contributed by atoms with E-state index in [9.17, 15) is 9.59 Å². The molecule has 0 amide bonds. The van der Waals surface area contributed by atoms with Crippen LogP contribution in [0.5, 0.6) is 0 Å². The lowest BCUT2D eigenvalue weighted by molar-refractivity contribution is -0.160. The minimum Gasteiger partial charge on any atom is -0.462 e. The standard InChI is InChI=1S/C30H58O4/c1-6-11-15-19-26(20-16-12-7-2)23-29(31)33-25-28(10-5)34-30(32)24-27(21-17-13-8-3)22-18-14-9-4/h26-28H,6-25H2,1-5H3. The normalized spacial score (nSPS) is 12.3. The van der Waals surface area contributed by atoms with Gasteiger partial charge in [0.2, 0.25) is 0 Å². The molecule has 0 bridgehead atoms. The van der Waals surface area contributed by atoms with Gasteiger partial charge in [0.05, 0.1) is 0 Å². The van der Waals surface area contributed by atoms with Crippen molar-refractivity contribution in [3.8, 4) is 0 Å². The van der Waals surface area contributed by atoms with Crippen LogP contribution >= 0.6 is 0 Å². The zero-order chi connectivity index (χ0) is 25.4. The van der Waals surface area contributed by atoms with Crippen LogP contribution in [0.3, 0.4) is 0 Å². The lowest BCUT2D eigenvalue weighted by atomic mass is 9.92. The Morgan fingerprint density at radius 3 is 1.29 bits per heavy atom. The number of unbranched alkanes of at least 4 members (excludes halogenated alkanes) is 8. The molecule has 0 aromatic rings. The molecule has 0 N–H and O–H groups in total. The van der Waals surface area contributed by atoms with Gasteiger partial charge in [-0.1, -0.05) is 112 Å². The molecule has 34 heavy (non-hydrogen) atoms. The van der Waals surface area contributed by atoms with E-state index >= 15 is 0 Å². The van der Waals surface area contributed by atoms with E-state index in [0.717, 1.165) is 25.7 Å². The second kappa shape index (κ2) is 23.7. The number of hydrogen-bond acceptors (Lipinski definition) is 4. The zero-order valence-corrected chi connectivity index (χ0v) is 23.5. The third-order valence-corrected chi connectivity index (χ3v) is 6.96. The van der Waals surface area contributed by atoms with Crippen LogP contribution in [0.25, 0.3) is 0 Å². The Kier molecular flexibility index (Phi) is 22.9. The Balaban J connectivity index is 4.54. The fourth-order valence-corrected chi connectivity index (χ4v) is 4.61. The van der Waals surface area contributed by atoms with Crippen molar-refractivity contribution in [1.29, 1.82) is 0 Å². The first kappa shape index (κ1) is 32.9. The highest BCUT2D eigenvalue weighted by atomic mass is 16.6. The van der Waals surface area contributed by atoms with E-state index in [1.165, 1.54) is 77.0 Å². The molecule has 0 saturated heterocycles. The molecule has 202 valence electrons. The van der Waals surface area contributed by atoms with E-state index in [1.54, 1.807) is 0 Å². The number of carbonyl (C=O) groups is 2. The summed E-state index contributed by atoms with van der Waals surface area (Å²) in [4.78, 5) is 25.2. The molecule has 0 aliphatic heterocycles. The molecule has 4 heteroatoms. The highest BCUT2D eigenvalue weighted by Gasteiger charge is 2.20. The van der Waals surface area contributed by atoms with Gasteiger partial charge in [-0.25, -0.2) is 0 Å². The van der Waals surface area contributed by atoms with Crippen LogP contribution in [0.1, 0.15) is 157 Å². The first-order valence-corrected chi connectivity index (χ1v) is 14.8. The first-order chi connectivity index (χ1) is 16.5. The average Bonchev–Trinajstić information content (AvgIpc) is 2.82. The van der Waals surface area contributed by atoms with E-state index in [2.05, 4.69) is 27.7 Å². The molecule has 1 unspecified atom stereocenters. The predicted octanol–water partition coefficient (Wildman–Crippen LogP) is 9.19. The first-order valence-electron chi connectivity index (χ1n) is 14.8. The summed E-state index contributed by atoms with van der Waals surface area (Å²) in [5.74, 6) is 0.570. The maximum Gasteiger partial charge on any atom is 0.306 e. The molecule has 0 spiro atoms. The molecule has 0 aliphatic carbocycles. The Hall–Kier alpha value is -1.06. The van der Waals surface area contributed by atoms with Crippen LogP contribution in [-0.2, 0) is 19.1 Å². The van der Waals surface area contributed by atoms with Crippen molar-refractivity contribution in [3.63, 3.8) is 0 Å². The summed E-state index contributed by atoms with van der Waals surface area (Å²) in [5, 5.41) is 0. The lowest BCUT2D eigenvalue weighted by Gasteiger charge is -2.21. The Morgan fingerprint density at radius 2 is 0.941 bits per heavy atom. The maximum atomic E-state index is 12.6. The molecule has 0 heterocycles. The highest BCUT2D eigenvalue weighted by Crippen LogP contribution is 2.23. The van der Waals surface area contributed by atoms with Crippen LogP contribution in [0.2, 0.25) is 0 Å². The van der Waals surface area contributed by atoms with Gasteiger partial charge in [0.25, 0.3) is 0 Å². The van der Waals surface area contributed by atoms with E-state index in [1.807, 2.05) is 6.92 Å². The molecular formula is C30H58O4. The molecule has 1 atom stereocenters. The van der Waals surface area contributed by atoms with Crippen molar-refractivity contribution in [3.05, 3.63) is 0 Å². The molecule has 0 aliphatic rings. The minimum absolute atomic E-state index is 0.127. The van der Waals surface area contributed by atoms with Gasteiger partial charge in [-0.2, -0.15) is 0 Å². The second-order valence-corrected chi connectivity index (χ2v) is 10.3. The summed E-state index contributed by atoms with van der Waals surface area (Å²) in [6.07, 6.45) is 20.2. The molecule has 4 nitrogen and oxygen atoms in total. The smallest absolute Gasteiger partial charge is 0.306 e. The summed E-state index contributed by atoms with van der Waals surface area (Å²) < 4.78 is 11.3. The Bertz CT molecular complexity index is 456. The van der Waals surface area contributed by atoms with E-state index < -0.39 is 0 Å². The van der Waals surface area contributed by atoms with Gasteiger partial charge in [-0.05, 0) is 43.9 Å². The van der Waals surface area contributed by atoms with E-state index in [0.29, 0.717) is 31.1 Å². The van der Waals surface area contributed by atoms with Crippen molar-refractivity contribution in [2.75, 3.05) is 6.61 Å². The Morgan fingerprint density at radius 1 is 0.559 bits per heavy atom. The number of ether oxygens (including phenoxy) is 2. The largest absolute Gasteiger partial charge is 0.462 e. The highest BCUT2D eigenvalue weighted by molar-refractivity contribution is 5.70. The maximum absolute atomic E-state index is 12.6. The molecule has 0 rings (SSSR count). The van der Waals surface area contributed by atoms with Crippen molar-refractivity contribution >= 4 is 11.9 Å². The number of esters is 2. The predicted molar refractivity (Wildman–Crippen MR) is 144 cm³/mol. The van der Waals surface area contributed by atoms with Gasteiger partial charge in [0, 0.05) is 12.8 Å². The molecule has 0 radical (unpaired) electrons.